The molecule has 0 aromatic heterocycles. The van der Waals surface area contributed by atoms with E-state index in [9.17, 15) is 14.0 Å². The van der Waals surface area contributed by atoms with Crippen LogP contribution in [0.5, 0.6) is 0 Å². The zero-order chi connectivity index (χ0) is 13.2. The molecule has 0 aromatic carbocycles. The normalized spacial score (nSPS) is 27.9. The average Bonchev–Trinajstić information content (AvgIpc) is 2.70. The van der Waals surface area contributed by atoms with Crippen molar-refractivity contribution in [2.75, 3.05) is 13.1 Å². The van der Waals surface area contributed by atoms with Gasteiger partial charge in [0.15, 0.2) is 0 Å². The van der Waals surface area contributed by atoms with E-state index in [1.165, 1.54) is 4.90 Å². The van der Waals surface area contributed by atoms with Gasteiger partial charge in [0.1, 0.15) is 0 Å². The summed E-state index contributed by atoms with van der Waals surface area (Å²) in [6.07, 6.45) is 0.766. The first-order valence-electron chi connectivity index (χ1n) is 6.03. The number of carbonyl (C=O) groups excluding carboxylic acids is 1. The molecule has 98 valence electrons. The lowest BCUT2D eigenvalue weighted by Gasteiger charge is -2.24. The summed E-state index contributed by atoms with van der Waals surface area (Å²) in [6, 6.07) is 0. The van der Waals surface area contributed by atoms with Crippen molar-refractivity contribution >= 4 is 11.9 Å². The van der Waals surface area contributed by atoms with Gasteiger partial charge in [0, 0.05) is 18.9 Å². The minimum absolute atomic E-state index is 0.110. The molecule has 1 heterocycles. The molecule has 5 heteroatoms. The molecule has 1 fully saturated rings. The van der Waals surface area contributed by atoms with E-state index < -0.39 is 11.6 Å². The predicted molar refractivity (Wildman–Crippen MR) is 61.3 cm³/mol. The topological polar surface area (TPSA) is 57.6 Å². The summed E-state index contributed by atoms with van der Waals surface area (Å²) in [5.41, 5.74) is -2.26. The molecule has 0 aliphatic carbocycles. The third-order valence-electron chi connectivity index (χ3n) is 3.80. The number of rotatable bonds is 4. The largest absolute Gasteiger partial charge is 0.479 e. The van der Waals surface area contributed by atoms with E-state index in [4.69, 9.17) is 5.11 Å². The monoisotopic (exact) mass is 245 g/mol. The average molecular weight is 245 g/mol. The van der Waals surface area contributed by atoms with Crippen LogP contribution in [-0.2, 0) is 9.59 Å². The molecule has 0 aromatic rings. The van der Waals surface area contributed by atoms with Gasteiger partial charge in [0.2, 0.25) is 11.6 Å². The number of nitrogens with zero attached hydrogens (tertiary/aromatic N) is 1. The summed E-state index contributed by atoms with van der Waals surface area (Å²) in [4.78, 5) is 24.1. The predicted octanol–water partition coefficient (Wildman–Crippen LogP) is 1.69. The van der Waals surface area contributed by atoms with Crippen molar-refractivity contribution in [3.63, 3.8) is 0 Å². The summed E-state index contributed by atoms with van der Waals surface area (Å²) < 4.78 is 13.8. The second-order valence-corrected chi connectivity index (χ2v) is 4.95. The number of carbonyl (C=O) groups is 2. The second kappa shape index (κ2) is 5.02. The fraction of sp³-hybridized carbons (Fsp3) is 0.833. The SMILES string of the molecule is CCC(C)C(C)C(=O)N1CCC(F)(C(=O)O)C1. The first-order valence-corrected chi connectivity index (χ1v) is 6.03. The quantitative estimate of drug-likeness (QED) is 0.820. The molecular formula is C12H20FNO3. The van der Waals surface area contributed by atoms with Crippen molar-refractivity contribution in [2.24, 2.45) is 11.8 Å². The molecular weight excluding hydrogens is 225 g/mol. The number of carboxylic acid groups (broad SMARTS) is 1. The number of likely N-dealkylation sites (tertiary alicyclic amines) is 1. The number of alkyl halides is 1. The van der Waals surface area contributed by atoms with E-state index in [0.29, 0.717) is 0 Å². The van der Waals surface area contributed by atoms with E-state index in [-0.39, 0.29) is 37.3 Å². The van der Waals surface area contributed by atoms with Gasteiger partial charge in [-0.1, -0.05) is 27.2 Å². The molecule has 1 saturated heterocycles. The molecule has 0 bridgehead atoms. The molecule has 0 saturated carbocycles. The van der Waals surface area contributed by atoms with Gasteiger partial charge in [-0.3, -0.25) is 4.79 Å². The second-order valence-electron chi connectivity index (χ2n) is 4.95. The molecule has 17 heavy (non-hydrogen) atoms. The van der Waals surface area contributed by atoms with Crippen molar-refractivity contribution < 1.29 is 19.1 Å². The van der Waals surface area contributed by atoms with Gasteiger partial charge in [-0.15, -0.1) is 0 Å². The van der Waals surface area contributed by atoms with Crippen molar-refractivity contribution in [3.8, 4) is 0 Å². The number of carboxylic acids is 1. The number of aliphatic carboxylic acids is 1. The van der Waals surface area contributed by atoms with Crippen LogP contribution in [0.1, 0.15) is 33.6 Å². The summed E-state index contributed by atoms with van der Waals surface area (Å²) in [5.74, 6) is -1.57. The molecule has 3 atom stereocenters. The van der Waals surface area contributed by atoms with Crippen molar-refractivity contribution in [3.05, 3.63) is 0 Å². The highest BCUT2D eigenvalue weighted by molar-refractivity contribution is 5.83. The van der Waals surface area contributed by atoms with Crippen LogP contribution in [-0.4, -0.2) is 40.6 Å². The first-order chi connectivity index (χ1) is 7.81. The third-order valence-corrected chi connectivity index (χ3v) is 3.80. The fourth-order valence-corrected chi connectivity index (χ4v) is 2.02. The lowest BCUT2D eigenvalue weighted by Crippen LogP contribution is -2.41. The molecule has 1 amide bonds. The van der Waals surface area contributed by atoms with E-state index in [0.717, 1.165) is 6.42 Å². The van der Waals surface area contributed by atoms with Crippen molar-refractivity contribution in [2.45, 2.75) is 39.3 Å². The third kappa shape index (κ3) is 2.76. The fourth-order valence-electron chi connectivity index (χ4n) is 2.02. The Labute approximate surface area is 101 Å². The van der Waals surface area contributed by atoms with Gasteiger partial charge in [-0.25, -0.2) is 9.18 Å². The Morgan fingerprint density at radius 1 is 1.47 bits per heavy atom. The number of hydrogen-bond donors (Lipinski definition) is 1. The summed E-state index contributed by atoms with van der Waals surface area (Å²) >= 11 is 0. The summed E-state index contributed by atoms with van der Waals surface area (Å²) in [5, 5.41) is 8.75. The van der Waals surface area contributed by atoms with E-state index in [1.54, 1.807) is 0 Å². The highest BCUT2D eigenvalue weighted by atomic mass is 19.1. The molecule has 1 aliphatic heterocycles. The Morgan fingerprint density at radius 3 is 2.47 bits per heavy atom. The standard InChI is InChI=1S/C12H20FNO3/c1-4-8(2)9(3)10(15)14-6-5-12(13,7-14)11(16)17/h8-9H,4-7H2,1-3H3,(H,16,17). The first kappa shape index (κ1) is 13.9. The highest BCUT2D eigenvalue weighted by Crippen LogP contribution is 2.28. The molecule has 1 rings (SSSR count). The van der Waals surface area contributed by atoms with Crippen LogP contribution < -0.4 is 0 Å². The Kier molecular flexibility index (Phi) is 4.11. The van der Waals surface area contributed by atoms with Crippen molar-refractivity contribution in [1.29, 1.82) is 0 Å². The Balaban J connectivity index is 2.66. The lowest BCUT2D eigenvalue weighted by atomic mass is 9.92. The zero-order valence-corrected chi connectivity index (χ0v) is 10.6. The summed E-state index contributed by atoms with van der Waals surface area (Å²) in [6.45, 7) is 5.66. The van der Waals surface area contributed by atoms with E-state index >= 15 is 0 Å². The molecule has 0 spiro atoms. The van der Waals surface area contributed by atoms with Crippen LogP contribution in [0.4, 0.5) is 4.39 Å². The van der Waals surface area contributed by atoms with Crippen LogP contribution in [0.15, 0.2) is 0 Å². The highest BCUT2D eigenvalue weighted by Gasteiger charge is 2.47. The Morgan fingerprint density at radius 2 is 2.06 bits per heavy atom. The van der Waals surface area contributed by atoms with Crippen LogP contribution in [0.25, 0.3) is 0 Å². The van der Waals surface area contributed by atoms with Crippen LogP contribution >= 0.6 is 0 Å². The number of amides is 1. The molecule has 4 nitrogen and oxygen atoms in total. The Bertz CT molecular complexity index is 321. The van der Waals surface area contributed by atoms with Gasteiger partial charge in [0.25, 0.3) is 0 Å². The van der Waals surface area contributed by atoms with Gasteiger partial charge >= 0.3 is 5.97 Å². The number of halogens is 1. The van der Waals surface area contributed by atoms with Crippen LogP contribution in [0.2, 0.25) is 0 Å². The maximum absolute atomic E-state index is 13.8. The minimum Gasteiger partial charge on any atom is -0.479 e. The van der Waals surface area contributed by atoms with Gasteiger partial charge in [-0.05, 0) is 5.92 Å². The maximum atomic E-state index is 13.8. The van der Waals surface area contributed by atoms with Gasteiger partial charge < -0.3 is 10.0 Å². The lowest BCUT2D eigenvalue weighted by molar-refractivity contribution is -0.150. The van der Waals surface area contributed by atoms with Gasteiger partial charge in [-0.2, -0.15) is 0 Å². The molecule has 3 unspecified atom stereocenters. The van der Waals surface area contributed by atoms with Crippen LogP contribution in [0, 0.1) is 11.8 Å². The molecule has 0 radical (unpaired) electrons. The van der Waals surface area contributed by atoms with Crippen molar-refractivity contribution in [1.82, 2.24) is 4.90 Å². The van der Waals surface area contributed by atoms with E-state index in [2.05, 4.69) is 0 Å². The molecule has 1 N–H and O–H groups in total. The van der Waals surface area contributed by atoms with Crippen LogP contribution in [0.3, 0.4) is 0 Å². The number of hydrogen-bond acceptors (Lipinski definition) is 2. The summed E-state index contributed by atoms with van der Waals surface area (Å²) in [7, 11) is 0. The minimum atomic E-state index is -2.26. The Hall–Kier alpha value is -1.13. The van der Waals surface area contributed by atoms with Gasteiger partial charge in [0.05, 0.1) is 6.54 Å². The maximum Gasteiger partial charge on any atom is 0.343 e. The smallest absolute Gasteiger partial charge is 0.343 e. The zero-order valence-electron chi connectivity index (χ0n) is 10.6. The van der Waals surface area contributed by atoms with E-state index in [1.807, 2.05) is 20.8 Å². The molecule has 1 aliphatic rings.